The van der Waals surface area contributed by atoms with Gasteiger partial charge in [0, 0.05) is 18.1 Å². The van der Waals surface area contributed by atoms with Crippen molar-refractivity contribution >= 4 is 45.5 Å². The van der Waals surface area contributed by atoms with Gasteiger partial charge in [-0.2, -0.15) is 5.10 Å². The van der Waals surface area contributed by atoms with Gasteiger partial charge >= 0.3 is 5.97 Å². The van der Waals surface area contributed by atoms with E-state index in [1.165, 1.54) is 20.9 Å². The standard InChI is InChI=1S/C18H22N4O3S2/c1-4-25-17(24)14-11-6-5-10(2)9-13(11)27-16(14)21-18(26)20-15(23)12-7-8-19-22(12)3/h7-8,10H,4-6,9H2,1-3H3,(H2,20,21,23,26)/t10-/m0/s1. The van der Waals surface area contributed by atoms with Crippen molar-refractivity contribution in [2.45, 2.75) is 33.1 Å². The molecule has 1 aliphatic rings. The lowest BCUT2D eigenvalue weighted by Gasteiger charge is -2.18. The van der Waals surface area contributed by atoms with Crippen LogP contribution in [0.25, 0.3) is 0 Å². The van der Waals surface area contributed by atoms with Crippen LogP contribution in [-0.2, 0) is 24.6 Å². The van der Waals surface area contributed by atoms with Gasteiger partial charge < -0.3 is 10.1 Å². The number of carbonyl (C=O) groups is 2. The van der Waals surface area contributed by atoms with Crippen molar-refractivity contribution < 1.29 is 14.3 Å². The first-order valence-electron chi connectivity index (χ1n) is 8.82. The highest BCUT2D eigenvalue weighted by Crippen LogP contribution is 2.40. The molecule has 144 valence electrons. The summed E-state index contributed by atoms with van der Waals surface area (Å²) < 4.78 is 6.71. The van der Waals surface area contributed by atoms with Crippen LogP contribution in [0.3, 0.4) is 0 Å². The van der Waals surface area contributed by atoms with E-state index in [0.717, 1.165) is 24.8 Å². The average molecular weight is 407 g/mol. The quantitative estimate of drug-likeness (QED) is 0.600. The fourth-order valence-electron chi connectivity index (χ4n) is 3.16. The SMILES string of the molecule is CCOC(=O)c1c(NC(=S)NC(=O)c2ccnn2C)sc2c1CC[C@H](C)C2. The van der Waals surface area contributed by atoms with E-state index in [1.807, 2.05) is 0 Å². The van der Waals surface area contributed by atoms with Crippen LogP contribution in [0, 0.1) is 5.92 Å². The second-order valence-corrected chi connectivity index (χ2v) is 8.04. The number of esters is 1. The summed E-state index contributed by atoms with van der Waals surface area (Å²) in [7, 11) is 1.68. The van der Waals surface area contributed by atoms with Crippen LogP contribution in [0.15, 0.2) is 12.3 Å². The zero-order chi connectivity index (χ0) is 19.6. The van der Waals surface area contributed by atoms with Crippen molar-refractivity contribution in [3.05, 3.63) is 34.0 Å². The number of hydrogen-bond donors (Lipinski definition) is 2. The molecule has 2 N–H and O–H groups in total. The molecule has 1 atom stereocenters. The lowest BCUT2D eigenvalue weighted by atomic mass is 9.88. The number of hydrogen-bond acceptors (Lipinski definition) is 6. The maximum absolute atomic E-state index is 12.5. The number of thiocarbonyl (C=S) groups is 1. The molecule has 9 heteroatoms. The number of nitrogens with one attached hydrogen (secondary N) is 2. The molecular weight excluding hydrogens is 384 g/mol. The highest BCUT2D eigenvalue weighted by molar-refractivity contribution is 7.80. The van der Waals surface area contributed by atoms with Gasteiger partial charge in [-0.3, -0.25) is 14.8 Å². The lowest BCUT2D eigenvalue weighted by molar-refractivity contribution is 0.0526. The number of thiophene rings is 1. The van der Waals surface area contributed by atoms with E-state index in [4.69, 9.17) is 17.0 Å². The van der Waals surface area contributed by atoms with Crippen molar-refractivity contribution in [1.29, 1.82) is 0 Å². The van der Waals surface area contributed by atoms with Gasteiger partial charge in [0.25, 0.3) is 5.91 Å². The van der Waals surface area contributed by atoms with Crippen molar-refractivity contribution in [2.75, 3.05) is 11.9 Å². The lowest BCUT2D eigenvalue weighted by Crippen LogP contribution is -2.35. The van der Waals surface area contributed by atoms with Gasteiger partial charge in [-0.15, -0.1) is 11.3 Å². The minimum atomic E-state index is -0.361. The molecular formula is C18H22N4O3S2. The number of carbonyl (C=O) groups excluding carboxylic acids is 2. The Bertz CT molecular complexity index is 887. The molecule has 0 bridgehead atoms. The van der Waals surface area contributed by atoms with Crippen molar-refractivity contribution in [1.82, 2.24) is 15.1 Å². The first-order valence-corrected chi connectivity index (χ1v) is 10.0. The number of amides is 1. The summed E-state index contributed by atoms with van der Waals surface area (Å²) in [6, 6.07) is 1.60. The zero-order valence-electron chi connectivity index (χ0n) is 15.5. The van der Waals surface area contributed by atoms with Gasteiger partial charge in [0.1, 0.15) is 10.7 Å². The Balaban J connectivity index is 1.81. The summed E-state index contributed by atoms with van der Waals surface area (Å²) in [5, 5.41) is 10.4. The number of nitrogens with zero attached hydrogens (tertiary/aromatic N) is 2. The molecule has 2 aromatic rings. The van der Waals surface area contributed by atoms with Gasteiger partial charge in [0.15, 0.2) is 5.11 Å². The number of aromatic nitrogens is 2. The molecule has 0 aliphatic heterocycles. The second kappa shape index (κ2) is 8.18. The van der Waals surface area contributed by atoms with E-state index in [0.29, 0.717) is 28.8 Å². The number of aryl methyl sites for hydroxylation is 1. The average Bonchev–Trinajstić information content (AvgIpc) is 3.17. The molecule has 0 spiro atoms. The number of anilines is 1. The van der Waals surface area contributed by atoms with Crippen LogP contribution in [0.4, 0.5) is 5.00 Å². The fraction of sp³-hybridized carbons (Fsp3) is 0.444. The normalized spacial score (nSPS) is 15.7. The Morgan fingerprint density at radius 1 is 1.48 bits per heavy atom. The van der Waals surface area contributed by atoms with Gasteiger partial charge in [-0.25, -0.2) is 4.79 Å². The van der Waals surface area contributed by atoms with Gasteiger partial charge in [0.05, 0.1) is 12.2 Å². The van der Waals surface area contributed by atoms with Crippen LogP contribution in [0.1, 0.15) is 51.6 Å². The molecule has 1 amide bonds. The van der Waals surface area contributed by atoms with E-state index in [1.54, 1.807) is 26.2 Å². The number of fused-ring (bicyclic) bond motifs is 1. The third kappa shape index (κ3) is 4.19. The smallest absolute Gasteiger partial charge is 0.341 e. The van der Waals surface area contributed by atoms with E-state index in [9.17, 15) is 9.59 Å². The molecule has 1 aliphatic carbocycles. The molecule has 2 aromatic heterocycles. The van der Waals surface area contributed by atoms with Crippen LogP contribution in [-0.4, -0.2) is 33.4 Å². The topological polar surface area (TPSA) is 85.2 Å². The van der Waals surface area contributed by atoms with Crippen molar-refractivity contribution in [3.63, 3.8) is 0 Å². The number of ether oxygens (including phenoxy) is 1. The Labute approximate surface area is 167 Å². The van der Waals surface area contributed by atoms with Crippen LogP contribution in [0.5, 0.6) is 0 Å². The predicted octanol–water partition coefficient (Wildman–Crippen LogP) is 2.91. The third-order valence-electron chi connectivity index (χ3n) is 4.50. The predicted molar refractivity (Wildman–Crippen MR) is 108 cm³/mol. The molecule has 3 rings (SSSR count). The first kappa shape index (κ1) is 19.5. The third-order valence-corrected chi connectivity index (χ3v) is 5.87. The van der Waals surface area contributed by atoms with E-state index < -0.39 is 0 Å². The van der Waals surface area contributed by atoms with Crippen molar-refractivity contribution in [2.24, 2.45) is 13.0 Å². The highest BCUT2D eigenvalue weighted by atomic mass is 32.1. The molecule has 0 aromatic carbocycles. The second-order valence-electron chi connectivity index (χ2n) is 6.52. The first-order chi connectivity index (χ1) is 12.9. The Hall–Kier alpha value is -2.26. The van der Waals surface area contributed by atoms with E-state index >= 15 is 0 Å². The van der Waals surface area contributed by atoms with E-state index in [-0.39, 0.29) is 17.0 Å². The molecule has 7 nitrogen and oxygen atoms in total. The van der Waals surface area contributed by atoms with E-state index in [2.05, 4.69) is 22.7 Å². The van der Waals surface area contributed by atoms with Gasteiger partial charge in [-0.05, 0) is 56.0 Å². The summed E-state index contributed by atoms with van der Waals surface area (Å²) in [5.74, 6) is -0.136. The Morgan fingerprint density at radius 2 is 2.26 bits per heavy atom. The Morgan fingerprint density at radius 3 is 2.93 bits per heavy atom. The summed E-state index contributed by atoms with van der Waals surface area (Å²) >= 11 is 6.79. The van der Waals surface area contributed by atoms with Gasteiger partial charge in [0.2, 0.25) is 0 Å². The summed E-state index contributed by atoms with van der Waals surface area (Å²) in [4.78, 5) is 26.0. The summed E-state index contributed by atoms with van der Waals surface area (Å²) in [6.45, 7) is 4.30. The Kier molecular flexibility index (Phi) is 5.91. The maximum Gasteiger partial charge on any atom is 0.341 e. The van der Waals surface area contributed by atoms with Crippen LogP contribution in [0.2, 0.25) is 0 Å². The molecule has 27 heavy (non-hydrogen) atoms. The molecule has 0 unspecified atom stereocenters. The molecule has 0 radical (unpaired) electrons. The monoisotopic (exact) mass is 406 g/mol. The summed E-state index contributed by atoms with van der Waals surface area (Å²) in [6.07, 6.45) is 4.36. The maximum atomic E-state index is 12.5. The van der Waals surface area contributed by atoms with Crippen LogP contribution < -0.4 is 10.6 Å². The molecule has 0 saturated heterocycles. The van der Waals surface area contributed by atoms with Gasteiger partial charge in [-0.1, -0.05) is 6.92 Å². The molecule has 2 heterocycles. The minimum Gasteiger partial charge on any atom is -0.462 e. The molecule has 0 fully saturated rings. The highest BCUT2D eigenvalue weighted by Gasteiger charge is 2.29. The minimum absolute atomic E-state index is 0.137. The summed E-state index contributed by atoms with van der Waals surface area (Å²) in [5.41, 5.74) is 1.98. The van der Waals surface area contributed by atoms with Crippen molar-refractivity contribution in [3.8, 4) is 0 Å². The van der Waals surface area contributed by atoms with Crippen LogP contribution >= 0.6 is 23.6 Å². The largest absolute Gasteiger partial charge is 0.462 e. The number of rotatable bonds is 4. The molecule has 0 saturated carbocycles. The zero-order valence-corrected chi connectivity index (χ0v) is 17.1. The fourth-order valence-corrected chi connectivity index (χ4v) is 4.82.